The highest BCUT2D eigenvalue weighted by atomic mass is 16.8. The van der Waals surface area contributed by atoms with Crippen molar-refractivity contribution in [1.29, 1.82) is 0 Å². The summed E-state index contributed by atoms with van der Waals surface area (Å²) in [4.78, 5) is 24.9. The highest BCUT2D eigenvalue weighted by Crippen LogP contribution is 2.43. The normalized spacial score (nSPS) is 26.3. The zero-order valence-electron chi connectivity index (χ0n) is 17.5. The lowest BCUT2D eigenvalue weighted by Gasteiger charge is -2.24. The van der Waals surface area contributed by atoms with Crippen molar-refractivity contribution in [2.45, 2.75) is 50.6 Å². The Morgan fingerprint density at radius 1 is 1.19 bits per heavy atom. The van der Waals surface area contributed by atoms with Gasteiger partial charge in [0.25, 0.3) is 0 Å². The Balaban J connectivity index is 1.32. The van der Waals surface area contributed by atoms with E-state index in [1.807, 2.05) is 13.8 Å². The summed E-state index contributed by atoms with van der Waals surface area (Å²) in [6.07, 6.45) is 0.962. The average molecular weight is 441 g/mol. The molecule has 2 aromatic heterocycles. The van der Waals surface area contributed by atoms with Crippen LogP contribution in [-0.4, -0.2) is 61.3 Å². The number of phenolic OH excluding ortho intramolecular Hbond substituents is 1. The Kier molecular flexibility index (Phi) is 4.96. The maximum atomic E-state index is 12.3. The van der Waals surface area contributed by atoms with E-state index in [9.17, 15) is 9.90 Å². The van der Waals surface area contributed by atoms with Crippen LogP contribution in [0.1, 0.15) is 25.6 Å². The molecule has 5 rings (SSSR count). The topological polar surface area (TPSA) is 144 Å². The third-order valence-corrected chi connectivity index (χ3v) is 5.48. The van der Waals surface area contributed by atoms with E-state index in [0.717, 1.165) is 5.56 Å². The molecular weight excluding hydrogens is 418 g/mol. The van der Waals surface area contributed by atoms with Crippen molar-refractivity contribution in [2.75, 3.05) is 12.3 Å². The second-order valence-corrected chi connectivity index (χ2v) is 8.24. The average Bonchev–Trinajstić information content (AvgIpc) is 3.40. The number of nitrogens with two attached hydrogens (primary N) is 1. The number of phenols is 1. The van der Waals surface area contributed by atoms with Gasteiger partial charge in [0.2, 0.25) is 0 Å². The van der Waals surface area contributed by atoms with Gasteiger partial charge in [-0.15, -0.1) is 0 Å². The Morgan fingerprint density at radius 3 is 2.72 bits per heavy atom. The van der Waals surface area contributed by atoms with Gasteiger partial charge in [-0.25, -0.2) is 15.0 Å². The van der Waals surface area contributed by atoms with Crippen LogP contribution in [0.4, 0.5) is 5.82 Å². The largest absolute Gasteiger partial charge is 0.508 e. The lowest BCUT2D eigenvalue weighted by molar-refractivity contribution is -0.202. The highest BCUT2D eigenvalue weighted by molar-refractivity contribution is 5.81. The first-order valence-corrected chi connectivity index (χ1v) is 10.2. The molecule has 3 N–H and O–H groups in total. The number of aromatic hydroxyl groups is 1. The highest BCUT2D eigenvalue weighted by Gasteiger charge is 2.56. The van der Waals surface area contributed by atoms with Crippen molar-refractivity contribution < 1.29 is 28.8 Å². The van der Waals surface area contributed by atoms with Crippen molar-refractivity contribution in [3.8, 4) is 5.75 Å². The van der Waals surface area contributed by atoms with E-state index in [0.29, 0.717) is 11.2 Å². The van der Waals surface area contributed by atoms with Gasteiger partial charge in [-0.05, 0) is 31.5 Å². The molecule has 32 heavy (non-hydrogen) atoms. The Hall–Kier alpha value is -3.28. The summed E-state index contributed by atoms with van der Waals surface area (Å²) in [7, 11) is 0. The molecular formula is C21H23N5O6. The first-order valence-electron chi connectivity index (χ1n) is 10.2. The zero-order chi connectivity index (χ0) is 22.5. The molecule has 0 amide bonds. The monoisotopic (exact) mass is 441 g/mol. The fourth-order valence-corrected chi connectivity index (χ4v) is 4.08. The van der Waals surface area contributed by atoms with E-state index in [4.69, 9.17) is 24.7 Å². The molecule has 0 radical (unpaired) electrons. The van der Waals surface area contributed by atoms with Crippen LogP contribution in [0.3, 0.4) is 0 Å². The van der Waals surface area contributed by atoms with Crippen LogP contribution in [0.25, 0.3) is 11.2 Å². The number of rotatable bonds is 5. The molecule has 2 fully saturated rings. The van der Waals surface area contributed by atoms with Crippen LogP contribution in [0.15, 0.2) is 36.9 Å². The fraction of sp³-hybridized carbons (Fsp3) is 0.429. The number of hydrogen-bond donors (Lipinski definition) is 2. The molecule has 11 nitrogen and oxygen atoms in total. The van der Waals surface area contributed by atoms with E-state index in [1.165, 1.54) is 18.5 Å². The van der Waals surface area contributed by atoms with Crippen LogP contribution in [0, 0.1) is 0 Å². The standard InChI is InChI=1S/C21H23N5O6/c1-21(2)31-16-13(8-29-14(28)7-11-3-5-12(27)6-4-11)30-20(17(16)32-21)26-10-25-15-18(22)23-9-24-19(15)26/h3-6,9-10,13,16-17,20,27H,7-8H2,1-2H3,(H2,22,23,24)/t13-,16-,17-,20-/m1/s1. The molecule has 0 aliphatic carbocycles. The van der Waals surface area contributed by atoms with Crippen LogP contribution < -0.4 is 5.73 Å². The van der Waals surface area contributed by atoms with E-state index < -0.39 is 36.3 Å². The van der Waals surface area contributed by atoms with Gasteiger partial charge in [0.15, 0.2) is 23.5 Å². The van der Waals surface area contributed by atoms with Gasteiger partial charge >= 0.3 is 5.97 Å². The third-order valence-electron chi connectivity index (χ3n) is 5.48. The van der Waals surface area contributed by atoms with Crippen LogP contribution in [0.2, 0.25) is 0 Å². The number of benzene rings is 1. The van der Waals surface area contributed by atoms with Gasteiger partial charge in [0.1, 0.15) is 42.5 Å². The number of aromatic nitrogens is 4. The smallest absolute Gasteiger partial charge is 0.310 e. The minimum Gasteiger partial charge on any atom is -0.508 e. The number of ether oxygens (including phenoxy) is 4. The number of carbonyl (C=O) groups excluding carboxylic acids is 1. The number of fused-ring (bicyclic) bond motifs is 2. The summed E-state index contributed by atoms with van der Waals surface area (Å²) < 4.78 is 25.6. The summed E-state index contributed by atoms with van der Waals surface area (Å²) in [5, 5.41) is 9.37. The van der Waals surface area contributed by atoms with Gasteiger partial charge < -0.3 is 29.8 Å². The van der Waals surface area contributed by atoms with Crippen molar-refractivity contribution in [2.24, 2.45) is 0 Å². The van der Waals surface area contributed by atoms with Crippen LogP contribution in [0.5, 0.6) is 5.75 Å². The quantitative estimate of drug-likeness (QED) is 0.556. The van der Waals surface area contributed by atoms with Crippen LogP contribution >= 0.6 is 0 Å². The predicted octanol–water partition coefficient (Wildman–Crippen LogP) is 1.32. The first-order chi connectivity index (χ1) is 15.3. The SMILES string of the molecule is CC1(C)O[C@@H]2[C@H](O1)[C@@H](COC(=O)Cc1ccc(O)cc1)O[C@H]2n1cnc2c(N)ncnc21. The Labute approximate surface area is 183 Å². The van der Waals surface area contributed by atoms with Crippen molar-refractivity contribution >= 4 is 23.0 Å². The van der Waals surface area contributed by atoms with E-state index >= 15 is 0 Å². The van der Waals surface area contributed by atoms with Gasteiger partial charge in [0.05, 0.1) is 12.7 Å². The molecule has 168 valence electrons. The molecule has 0 spiro atoms. The maximum absolute atomic E-state index is 12.3. The fourth-order valence-electron chi connectivity index (χ4n) is 4.08. The Bertz CT molecular complexity index is 1150. The molecule has 11 heteroatoms. The molecule has 2 aliphatic heterocycles. The number of nitrogens with zero attached hydrogens (tertiary/aromatic N) is 4. The number of anilines is 1. The third kappa shape index (κ3) is 3.74. The number of carbonyl (C=O) groups is 1. The second kappa shape index (κ2) is 7.69. The molecule has 1 aromatic carbocycles. The Morgan fingerprint density at radius 2 is 1.94 bits per heavy atom. The summed E-state index contributed by atoms with van der Waals surface area (Å²) in [6, 6.07) is 6.39. The number of esters is 1. The summed E-state index contributed by atoms with van der Waals surface area (Å²) in [5.74, 6) is -0.827. The number of nitrogen functional groups attached to an aromatic ring is 1. The molecule has 2 saturated heterocycles. The minimum atomic E-state index is -0.823. The van der Waals surface area contributed by atoms with Gasteiger partial charge in [-0.1, -0.05) is 12.1 Å². The van der Waals surface area contributed by atoms with Crippen molar-refractivity contribution in [3.05, 3.63) is 42.5 Å². The van der Waals surface area contributed by atoms with E-state index in [1.54, 1.807) is 23.0 Å². The molecule has 4 atom stereocenters. The summed E-state index contributed by atoms with van der Waals surface area (Å²) >= 11 is 0. The molecule has 0 unspecified atom stereocenters. The summed E-state index contributed by atoms with van der Waals surface area (Å²) in [6.45, 7) is 3.64. The van der Waals surface area contributed by atoms with Gasteiger partial charge in [-0.2, -0.15) is 0 Å². The lowest BCUT2D eigenvalue weighted by atomic mass is 10.1. The lowest BCUT2D eigenvalue weighted by Crippen LogP contribution is -2.33. The molecule has 4 heterocycles. The zero-order valence-corrected chi connectivity index (χ0v) is 17.5. The summed E-state index contributed by atoms with van der Waals surface area (Å²) in [5.41, 5.74) is 7.62. The number of hydrogen-bond acceptors (Lipinski definition) is 10. The minimum absolute atomic E-state index is 0.00221. The predicted molar refractivity (Wildman–Crippen MR) is 110 cm³/mol. The molecule has 0 saturated carbocycles. The first kappa shape index (κ1) is 20.6. The van der Waals surface area contributed by atoms with Crippen molar-refractivity contribution in [1.82, 2.24) is 19.5 Å². The maximum Gasteiger partial charge on any atom is 0.310 e. The van der Waals surface area contributed by atoms with Crippen LogP contribution in [-0.2, 0) is 30.2 Å². The van der Waals surface area contributed by atoms with E-state index in [2.05, 4.69) is 15.0 Å². The van der Waals surface area contributed by atoms with E-state index in [-0.39, 0.29) is 24.6 Å². The molecule has 2 aliphatic rings. The van der Waals surface area contributed by atoms with Crippen molar-refractivity contribution in [3.63, 3.8) is 0 Å². The number of imidazole rings is 1. The molecule has 3 aromatic rings. The van der Waals surface area contributed by atoms with Gasteiger partial charge in [0, 0.05) is 0 Å². The second-order valence-electron chi connectivity index (χ2n) is 8.24. The molecule has 0 bridgehead atoms. The van der Waals surface area contributed by atoms with Gasteiger partial charge in [-0.3, -0.25) is 9.36 Å².